The van der Waals surface area contributed by atoms with Gasteiger partial charge in [0.15, 0.2) is 0 Å². The van der Waals surface area contributed by atoms with E-state index in [1.165, 1.54) is 0 Å². The molecule has 2 N–H and O–H groups in total. The van der Waals surface area contributed by atoms with Gasteiger partial charge in [-0.2, -0.15) is 0 Å². The maximum absolute atomic E-state index is 11.9. The third-order valence-corrected chi connectivity index (χ3v) is 3.31. The Labute approximate surface area is 101 Å². The Morgan fingerprint density at radius 3 is 3.12 bits per heavy atom. The molecule has 0 aromatic carbocycles. The van der Waals surface area contributed by atoms with Crippen LogP contribution in [0.4, 0.5) is 0 Å². The standard InChI is InChI=1S/C11H19N5O/c1-8-9(3-5-12-8)11(17)13-6-4-10-15-14-7-16(10)2/h7-9,12H,3-6H2,1-2H3,(H,13,17). The van der Waals surface area contributed by atoms with E-state index >= 15 is 0 Å². The van der Waals surface area contributed by atoms with E-state index in [1.807, 2.05) is 11.6 Å². The molecular formula is C11H19N5O. The van der Waals surface area contributed by atoms with Gasteiger partial charge in [-0.15, -0.1) is 10.2 Å². The van der Waals surface area contributed by atoms with Crippen LogP contribution in [0.1, 0.15) is 19.2 Å². The van der Waals surface area contributed by atoms with Crippen molar-refractivity contribution in [3.05, 3.63) is 12.2 Å². The van der Waals surface area contributed by atoms with Gasteiger partial charge < -0.3 is 15.2 Å². The normalized spacial score (nSPS) is 23.9. The first-order valence-electron chi connectivity index (χ1n) is 6.02. The van der Waals surface area contributed by atoms with E-state index in [1.54, 1.807) is 6.33 Å². The minimum atomic E-state index is 0.106. The van der Waals surface area contributed by atoms with Gasteiger partial charge in [0.05, 0.1) is 5.92 Å². The number of hydrogen-bond donors (Lipinski definition) is 2. The van der Waals surface area contributed by atoms with Crippen LogP contribution in [0, 0.1) is 5.92 Å². The Balaban J connectivity index is 1.75. The second-order valence-corrected chi connectivity index (χ2v) is 4.54. The molecule has 6 heteroatoms. The molecule has 1 aromatic heterocycles. The monoisotopic (exact) mass is 237 g/mol. The van der Waals surface area contributed by atoms with Gasteiger partial charge in [-0.3, -0.25) is 4.79 Å². The van der Waals surface area contributed by atoms with Crippen LogP contribution >= 0.6 is 0 Å². The van der Waals surface area contributed by atoms with Gasteiger partial charge >= 0.3 is 0 Å². The van der Waals surface area contributed by atoms with E-state index in [0.29, 0.717) is 6.54 Å². The summed E-state index contributed by atoms with van der Waals surface area (Å²) >= 11 is 0. The van der Waals surface area contributed by atoms with Crippen LogP contribution in [0.25, 0.3) is 0 Å². The molecule has 6 nitrogen and oxygen atoms in total. The van der Waals surface area contributed by atoms with Crippen molar-refractivity contribution in [1.29, 1.82) is 0 Å². The molecule has 2 heterocycles. The first-order valence-corrected chi connectivity index (χ1v) is 6.02. The molecule has 17 heavy (non-hydrogen) atoms. The average Bonchev–Trinajstić information content (AvgIpc) is 2.88. The van der Waals surface area contributed by atoms with Gasteiger partial charge in [0, 0.05) is 26.1 Å². The SMILES string of the molecule is CC1NCCC1C(=O)NCCc1nncn1C. The maximum atomic E-state index is 11.9. The molecule has 1 fully saturated rings. The predicted molar refractivity (Wildman–Crippen MR) is 63.3 cm³/mol. The third-order valence-electron chi connectivity index (χ3n) is 3.31. The lowest BCUT2D eigenvalue weighted by atomic mass is 10.0. The average molecular weight is 237 g/mol. The highest BCUT2D eigenvalue weighted by Crippen LogP contribution is 2.14. The molecule has 94 valence electrons. The summed E-state index contributed by atoms with van der Waals surface area (Å²) in [5.41, 5.74) is 0. The first kappa shape index (κ1) is 12.0. The number of aromatic nitrogens is 3. The quantitative estimate of drug-likeness (QED) is 0.738. The summed E-state index contributed by atoms with van der Waals surface area (Å²) in [4.78, 5) is 11.9. The van der Waals surface area contributed by atoms with Crippen molar-refractivity contribution < 1.29 is 4.79 Å². The molecule has 0 spiro atoms. The van der Waals surface area contributed by atoms with Crippen LogP contribution in [0.5, 0.6) is 0 Å². The molecule has 2 rings (SSSR count). The molecule has 1 saturated heterocycles. The molecule has 0 radical (unpaired) electrons. The molecule has 0 saturated carbocycles. The summed E-state index contributed by atoms with van der Waals surface area (Å²) < 4.78 is 1.87. The minimum Gasteiger partial charge on any atom is -0.355 e. The molecule has 1 aromatic rings. The Bertz CT molecular complexity index is 389. The van der Waals surface area contributed by atoms with Gasteiger partial charge in [-0.25, -0.2) is 0 Å². The molecule has 1 amide bonds. The highest BCUT2D eigenvalue weighted by Gasteiger charge is 2.28. The van der Waals surface area contributed by atoms with Crippen molar-refractivity contribution in [3.8, 4) is 0 Å². The van der Waals surface area contributed by atoms with Gasteiger partial charge in [-0.1, -0.05) is 0 Å². The Morgan fingerprint density at radius 1 is 1.71 bits per heavy atom. The topological polar surface area (TPSA) is 71.8 Å². The lowest BCUT2D eigenvalue weighted by Crippen LogP contribution is -2.37. The summed E-state index contributed by atoms with van der Waals surface area (Å²) in [5.74, 6) is 1.14. The van der Waals surface area contributed by atoms with Gasteiger partial charge in [0.25, 0.3) is 0 Å². The largest absolute Gasteiger partial charge is 0.355 e. The zero-order chi connectivity index (χ0) is 12.3. The number of aryl methyl sites for hydroxylation is 1. The lowest BCUT2D eigenvalue weighted by Gasteiger charge is -2.14. The second-order valence-electron chi connectivity index (χ2n) is 4.54. The van der Waals surface area contributed by atoms with Gasteiger partial charge in [0.2, 0.25) is 5.91 Å². The fourth-order valence-corrected chi connectivity index (χ4v) is 2.18. The number of hydrogen-bond acceptors (Lipinski definition) is 4. The summed E-state index contributed by atoms with van der Waals surface area (Å²) in [5, 5.41) is 14.0. The van der Waals surface area contributed by atoms with E-state index in [0.717, 1.165) is 25.2 Å². The van der Waals surface area contributed by atoms with E-state index in [9.17, 15) is 4.79 Å². The molecular weight excluding hydrogens is 218 g/mol. The Kier molecular flexibility index (Phi) is 3.73. The number of rotatable bonds is 4. The summed E-state index contributed by atoms with van der Waals surface area (Å²) in [7, 11) is 1.90. The number of nitrogens with zero attached hydrogens (tertiary/aromatic N) is 3. The fraction of sp³-hybridized carbons (Fsp3) is 0.727. The Morgan fingerprint density at radius 2 is 2.53 bits per heavy atom. The molecule has 0 aliphatic carbocycles. The van der Waals surface area contributed by atoms with E-state index in [2.05, 4.69) is 27.8 Å². The highest BCUT2D eigenvalue weighted by atomic mass is 16.1. The van der Waals surface area contributed by atoms with Crippen LogP contribution < -0.4 is 10.6 Å². The molecule has 2 atom stereocenters. The van der Waals surface area contributed by atoms with E-state index in [-0.39, 0.29) is 17.9 Å². The number of carbonyl (C=O) groups excluding carboxylic acids is 1. The van der Waals surface area contributed by atoms with Crippen LogP contribution in [-0.4, -0.2) is 39.8 Å². The van der Waals surface area contributed by atoms with Crippen molar-refractivity contribution in [3.63, 3.8) is 0 Å². The van der Waals surface area contributed by atoms with Crippen LogP contribution in [0.15, 0.2) is 6.33 Å². The minimum absolute atomic E-state index is 0.106. The third kappa shape index (κ3) is 2.82. The van der Waals surface area contributed by atoms with E-state index in [4.69, 9.17) is 0 Å². The van der Waals surface area contributed by atoms with Crippen molar-refractivity contribution in [2.75, 3.05) is 13.1 Å². The smallest absolute Gasteiger partial charge is 0.224 e. The fourth-order valence-electron chi connectivity index (χ4n) is 2.18. The zero-order valence-corrected chi connectivity index (χ0v) is 10.3. The number of amides is 1. The van der Waals surface area contributed by atoms with Crippen molar-refractivity contribution in [2.24, 2.45) is 13.0 Å². The van der Waals surface area contributed by atoms with Crippen molar-refractivity contribution in [2.45, 2.75) is 25.8 Å². The van der Waals surface area contributed by atoms with Gasteiger partial charge in [-0.05, 0) is 19.9 Å². The summed E-state index contributed by atoms with van der Waals surface area (Å²) in [6.45, 7) is 3.61. The molecule has 2 unspecified atom stereocenters. The number of carbonyl (C=O) groups is 1. The lowest BCUT2D eigenvalue weighted by molar-refractivity contribution is -0.125. The molecule has 0 bridgehead atoms. The van der Waals surface area contributed by atoms with E-state index < -0.39 is 0 Å². The maximum Gasteiger partial charge on any atom is 0.224 e. The predicted octanol–water partition coefficient (Wildman–Crippen LogP) is -0.528. The summed E-state index contributed by atoms with van der Waals surface area (Å²) in [6, 6.07) is 0.282. The highest BCUT2D eigenvalue weighted by molar-refractivity contribution is 5.79. The van der Waals surface area contributed by atoms with Crippen LogP contribution in [0.3, 0.4) is 0 Å². The van der Waals surface area contributed by atoms with Crippen molar-refractivity contribution >= 4 is 5.91 Å². The first-order chi connectivity index (χ1) is 8.18. The summed E-state index contributed by atoms with van der Waals surface area (Å²) in [6.07, 6.45) is 3.31. The number of nitrogens with one attached hydrogen (secondary N) is 2. The van der Waals surface area contributed by atoms with Crippen LogP contribution in [0.2, 0.25) is 0 Å². The van der Waals surface area contributed by atoms with Crippen molar-refractivity contribution in [1.82, 2.24) is 25.4 Å². The van der Waals surface area contributed by atoms with Gasteiger partial charge in [0.1, 0.15) is 12.2 Å². The van der Waals surface area contributed by atoms with Crippen LogP contribution in [-0.2, 0) is 18.3 Å². The second kappa shape index (κ2) is 5.27. The zero-order valence-electron chi connectivity index (χ0n) is 10.3. The molecule has 1 aliphatic heterocycles. The Hall–Kier alpha value is -1.43. The molecule has 1 aliphatic rings.